The first-order chi connectivity index (χ1) is 10.3. The minimum absolute atomic E-state index is 0.256. The molecule has 1 aromatic heterocycles. The van der Waals surface area contributed by atoms with Gasteiger partial charge in [-0.25, -0.2) is 0 Å². The second-order valence-electron chi connectivity index (χ2n) is 5.41. The van der Waals surface area contributed by atoms with Crippen LogP contribution in [-0.2, 0) is 19.4 Å². The van der Waals surface area contributed by atoms with Crippen molar-refractivity contribution in [3.05, 3.63) is 41.0 Å². The molecule has 0 fully saturated rings. The number of benzene rings is 1. The average Bonchev–Trinajstić information content (AvgIpc) is 2.94. The molecule has 5 nitrogen and oxygen atoms in total. The Morgan fingerprint density at radius 2 is 2.33 bits per heavy atom. The maximum Gasteiger partial charge on any atom is 0.264 e. The molecule has 0 bridgehead atoms. The maximum atomic E-state index is 10.0. The summed E-state index contributed by atoms with van der Waals surface area (Å²) >= 11 is 0. The molecule has 0 saturated heterocycles. The molecule has 1 aliphatic rings. The van der Waals surface area contributed by atoms with Gasteiger partial charge >= 0.3 is 0 Å². The molecule has 112 valence electrons. The van der Waals surface area contributed by atoms with Crippen LogP contribution in [-0.4, -0.2) is 15.2 Å². The summed E-state index contributed by atoms with van der Waals surface area (Å²) in [5, 5.41) is 13.9. The predicted octanol–water partition coefficient (Wildman–Crippen LogP) is 2.97. The average molecular weight is 288 g/mol. The molecule has 5 heteroatoms. The molecule has 1 heterocycles. The first-order valence-corrected chi connectivity index (χ1v) is 7.51. The number of rotatable bonds is 5. The van der Waals surface area contributed by atoms with Crippen LogP contribution in [0.15, 0.2) is 22.7 Å². The zero-order valence-electron chi connectivity index (χ0n) is 12.2. The van der Waals surface area contributed by atoms with Gasteiger partial charge in [-0.05, 0) is 48.9 Å². The zero-order valence-corrected chi connectivity index (χ0v) is 12.2. The van der Waals surface area contributed by atoms with Gasteiger partial charge in [0.25, 0.3) is 5.89 Å². The van der Waals surface area contributed by atoms with E-state index in [9.17, 15) is 5.11 Å². The number of fused-ring (bicyclic) bond motifs is 1. The van der Waals surface area contributed by atoms with E-state index < -0.39 is 0 Å². The largest absolute Gasteiger partial charge is 0.484 e. The molecule has 1 aromatic carbocycles. The van der Waals surface area contributed by atoms with E-state index in [-0.39, 0.29) is 12.7 Å². The Hall–Kier alpha value is -1.88. The predicted molar refractivity (Wildman–Crippen MR) is 77.0 cm³/mol. The van der Waals surface area contributed by atoms with Crippen LogP contribution in [0.1, 0.15) is 55.1 Å². The van der Waals surface area contributed by atoms with Gasteiger partial charge < -0.3 is 14.4 Å². The lowest BCUT2D eigenvalue weighted by atomic mass is 9.89. The minimum Gasteiger partial charge on any atom is -0.484 e. The van der Waals surface area contributed by atoms with Crippen LogP contribution in [0.3, 0.4) is 0 Å². The van der Waals surface area contributed by atoms with Gasteiger partial charge in [0.1, 0.15) is 5.75 Å². The zero-order chi connectivity index (χ0) is 14.7. The molecule has 21 heavy (non-hydrogen) atoms. The van der Waals surface area contributed by atoms with Gasteiger partial charge in [0.2, 0.25) is 0 Å². The van der Waals surface area contributed by atoms with Gasteiger partial charge in [0.15, 0.2) is 12.4 Å². The van der Waals surface area contributed by atoms with E-state index in [0.717, 1.165) is 49.2 Å². The molecule has 2 aromatic rings. The van der Waals surface area contributed by atoms with Crippen LogP contribution in [0.25, 0.3) is 0 Å². The normalized spacial score (nSPS) is 17.5. The first kappa shape index (κ1) is 14.1. The fourth-order valence-electron chi connectivity index (χ4n) is 2.66. The van der Waals surface area contributed by atoms with Crippen molar-refractivity contribution < 1.29 is 14.4 Å². The fourth-order valence-corrected chi connectivity index (χ4v) is 2.66. The Morgan fingerprint density at radius 3 is 3.19 bits per heavy atom. The smallest absolute Gasteiger partial charge is 0.264 e. The van der Waals surface area contributed by atoms with E-state index in [0.29, 0.717) is 5.89 Å². The number of aromatic nitrogens is 2. The third-order valence-electron chi connectivity index (χ3n) is 3.75. The van der Waals surface area contributed by atoms with Crippen molar-refractivity contribution in [1.82, 2.24) is 10.1 Å². The summed E-state index contributed by atoms with van der Waals surface area (Å²) in [6.07, 6.45) is 4.31. The molecule has 1 N–H and O–H groups in total. The van der Waals surface area contributed by atoms with Crippen LogP contribution in [0.4, 0.5) is 0 Å². The second kappa shape index (κ2) is 6.26. The lowest BCUT2D eigenvalue weighted by Crippen LogP contribution is -2.09. The van der Waals surface area contributed by atoms with E-state index in [1.807, 2.05) is 18.2 Å². The number of hydrogen-bond donors (Lipinski definition) is 1. The van der Waals surface area contributed by atoms with Gasteiger partial charge in [-0.3, -0.25) is 0 Å². The Labute approximate surface area is 123 Å². The van der Waals surface area contributed by atoms with Crippen molar-refractivity contribution in [3.8, 4) is 5.75 Å². The summed E-state index contributed by atoms with van der Waals surface area (Å²) in [6.45, 7) is 2.33. The Bertz CT molecular complexity index is 609. The Kier molecular flexibility index (Phi) is 4.20. The van der Waals surface area contributed by atoms with Crippen LogP contribution >= 0.6 is 0 Å². The highest BCUT2D eigenvalue weighted by Crippen LogP contribution is 2.32. The standard InChI is InChI=1S/C16H20N2O3/c1-2-4-15-17-16(21-18-15)10-20-12-8-7-11-5-3-6-14(19)13(11)9-12/h7-9,14,19H,2-6,10H2,1H3/t14-/m1/s1. The summed E-state index contributed by atoms with van der Waals surface area (Å²) in [5.41, 5.74) is 2.19. The minimum atomic E-state index is -0.378. The molecule has 0 spiro atoms. The molecule has 0 unspecified atom stereocenters. The molecule has 1 aliphatic carbocycles. The summed E-state index contributed by atoms with van der Waals surface area (Å²) in [7, 11) is 0. The van der Waals surface area contributed by atoms with Crippen LogP contribution in [0, 0.1) is 0 Å². The molecular weight excluding hydrogens is 268 g/mol. The molecule has 0 saturated carbocycles. The van der Waals surface area contributed by atoms with Gasteiger partial charge in [0, 0.05) is 6.42 Å². The van der Waals surface area contributed by atoms with Crippen molar-refractivity contribution in [1.29, 1.82) is 0 Å². The SMILES string of the molecule is CCCc1noc(COc2ccc3c(c2)[C@H](O)CCC3)n1. The van der Waals surface area contributed by atoms with E-state index >= 15 is 0 Å². The van der Waals surface area contributed by atoms with Gasteiger partial charge in [-0.2, -0.15) is 4.98 Å². The third kappa shape index (κ3) is 3.24. The Balaban J connectivity index is 1.66. The van der Waals surface area contributed by atoms with Crippen LogP contribution < -0.4 is 4.74 Å². The number of ether oxygens (including phenoxy) is 1. The van der Waals surface area contributed by atoms with E-state index in [4.69, 9.17) is 9.26 Å². The highest BCUT2D eigenvalue weighted by Gasteiger charge is 2.18. The van der Waals surface area contributed by atoms with Crippen LogP contribution in [0.2, 0.25) is 0 Å². The van der Waals surface area contributed by atoms with E-state index in [1.54, 1.807) is 0 Å². The molecule has 0 radical (unpaired) electrons. The number of aliphatic hydroxyl groups is 1. The van der Waals surface area contributed by atoms with Gasteiger partial charge in [-0.1, -0.05) is 18.1 Å². The van der Waals surface area contributed by atoms with Crippen molar-refractivity contribution >= 4 is 0 Å². The summed E-state index contributed by atoms with van der Waals surface area (Å²) in [5.74, 6) is 1.93. The quantitative estimate of drug-likeness (QED) is 0.916. The lowest BCUT2D eigenvalue weighted by Gasteiger charge is -2.21. The monoisotopic (exact) mass is 288 g/mol. The van der Waals surface area contributed by atoms with Crippen molar-refractivity contribution in [3.63, 3.8) is 0 Å². The fraction of sp³-hybridized carbons (Fsp3) is 0.500. The number of aryl methyl sites for hydroxylation is 2. The molecule has 3 rings (SSSR count). The summed E-state index contributed by atoms with van der Waals surface area (Å²) in [4.78, 5) is 4.27. The highest BCUT2D eigenvalue weighted by atomic mass is 16.5. The topological polar surface area (TPSA) is 68.4 Å². The van der Waals surface area contributed by atoms with Gasteiger partial charge in [-0.15, -0.1) is 0 Å². The van der Waals surface area contributed by atoms with Crippen LogP contribution in [0.5, 0.6) is 5.75 Å². The molecule has 0 aliphatic heterocycles. The molecule has 0 amide bonds. The lowest BCUT2D eigenvalue weighted by molar-refractivity contribution is 0.155. The molecular formula is C16H20N2O3. The van der Waals surface area contributed by atoms with Crippen molar-refractivity contribution in [2.45, 2.75) is 51.7 Å². The van der Waals surface area contributed by atoms with Crippen molar-refractivity contribution in [2.24, 2.45) is 0 Å². The maximum absolute atomic E-state index is 10.0. The first-order valence-electron chi connectivity index (χ1n) is 7.51. The summed E-state index contributed by atoms with van der Waals surface area (Å²) in [6, 6.07) is 5.88. The van der Waals surface area contributed by atoms with E-state index in [2.05, 4.69) is 17.1 Å². The second-order valence-corrected chi connectivity index (χ2v) is 5.41. The Morgan fingerprint density at radius 1 is 1.43 bits per heavy atom. The number of nitrogens with zero attached hydrogens (tertiary/aromatic N) is 2. The number of hydrogen-bond acceptors (Lipinski definition) is 5. The van der Waals surface area contributed by atoms with Crippen molar-refractivity contribution in [2.75, 3.05) is 0 Å². The van der Waals surface area contributed by atoms with E-state index in [1.165, 1.54) is 5.56 Å². The summed E-state index contributed by atoms with van der Waals surface area (Å²) < 4.78 is 10.8. The number of aliphatic hydroxyl groups excluding tert-OH is 1. The van der Waals surface area contributed by atoms with Gasteiger partial charge in [0.05, 0.1) is 6.10 Å². The highest BCUT2D eigenvalue weighted by molar-refractivity contribution is 5.38. The third-order valence-corrected chi connectivity index (χ3v) is 3.75. The molecule has 1 atom stereocenters.